The highest BCUT2D eigenvalue weighted by Crippen LogP contribution is 2.31. The Bertz CT molecular complexity index is 870. The molecule has 6 nitrogen and oxygen atoms in total. The number of nitrogens with zero attached hydrogens (tertiary/aromatic N) is 2. The summed E-state index contributed by atoms with van der Waals surface area (Å²) in [6, 6.07) is 19.0. The molecule has 0 saturated carbocycles. The number of fused-ring (bicyclic) bond motifs is 1. The fraction of sp³-hybridized carbons (Fsp3) is 0.440. The predicted molar refractivity (Wildman–Crippen MR) is 144 cm³/mol. The number of benzene rings is 2. The molecule has 1 aliphatic heterocycles. The first-order chi connectivity index (χ1) is 15.1. The molecular weight excluding hydrogens is 513 g/mol. The monoisotopic (exact) mass is 549 g/mol. The molecule has 3 N–H and O–H groups in total. The fourth-order valence-corrected chi connectivity index (χ4v) is 4.30. The van der Waals surface area contributed by atoms with Gasteiger partial charge in [0, 0.05) is 44.2 Å². The molecule has 2 aromatic rings. The van der Waals surface area contributed by atoms with E-state index in [-0.39, 0.29) is 35.8 Å². The van der Waals surface area contributed by atoms with Crippen LogP contribution in [0.4, 0.5) is 5.69 Å². The SMILES string of the molecule is CCN(CC)C(CNC(=NC)NCC1CC(=O)Nc2ccccc21)Cc1ccccc1.I. The summed E-state index contributed by atoms with van der Waals surface area (Å²) in [4.78, 5) is 19.0. The first kappa shape index (κ1) is 26.1. The van der Waals surface area contributed by atoms with E-state index in [0.29, 0.717) is 19.0 Å². The molecular formula is C25H36IN5O. The van der Waals surface area contributed by atoms with Gasteiger partial charge in [-0.05, 0) is 36.7 Å². The summed E-state index contributed by atoms with van der Waals surface area (Å²) < 4.78 is 0. The summed E-state index contributed by atoms with van der Waals surface area (Å²) in [6.07, 6.45) is 1.47. The number of likely N-dealkylation sites (N-methyl/N-ethyl adjacent to an activating group) is 1. The third-order valence-electron chi connectivity index (χ3n) is 5.99. The Labute approximate surface area is 209 Å². The molecule has 0 fully saturated rings. The third-order valence-corrected chi connectivity index (χ3v) is 5.99. The molecule has 0 aromatic heterocycles. The van der Waals surface area contributed by atoms with Gasteiger partial charge in [-0.2, -0.15) is 0 Å². The van der Waals surface area contributed by atoms with E-state index in [1.165, 1.54) is 11.1 Å². The zero-order valence-corrected chi connectivity index (χ0v) is 21.6. The Balaban J connectivity index is 0.00000363. The Hall–Kier alpha value is -2.13. The highest BCUT2D eigenvalue weighted by molar-refractivity contribution is 14.0. The van der Waals surface area contributed by atoms with E-state index in [9.17, 15) is 4.79 Å². The van der Waals surface area contributed by atoms with Crippen molar-refractivity contribution >= 4 is 41.5 Å². The Kier molecular flexibility index (Phi) is 11.0. The summed E-state index contributed by atoms with van der Waals surface area (Å²) in [7, 11) is 1.79. The van der Waals surface area contributed by atoms with E-state index in [1.54, 1.807) is 7.05 Å². The van der Waals surface area contributed by atoms with Gasteiger partial charge in [-0.1, -0.05) is 62.4 Å². The Morgan fingerprint density at radius 1 is 1.09 bits per heavy atom. The molecule has 0 radical (unpaired) electrons. The summed E-state index contributed by atoms with van der Waals surface area (Å²) in [6.45, 7) is 7.91. The predicted octanol–water partition coefficient (Wildman–Crippen LogP) is 3.85. The molecule has 1 amide bonds. The molecule has 2 aromatic carbocycles. The number of aliphatic imine (C=N–C) groups is 1. The van der Waals surface area contributed by atoms with Gasteiger partial charge < -0.3 is 16.0 Å². The van der Waals surface area contributed by atoms with Crippen LogP contribution in [0, 0.1) is 0 Å². The molecule has 2 atom stereocenters. The molecule has 0 aliphatic carbocycles. The molecule has 174 valence electrons. The van der Waals surface area contributed by atoms with E-state index in [0.717, 1.165) is 37.7 Å². The average Bonchev–Trinajstić information content (AvgIpc) is 2.80. The topological polar surface area (TPSA) is 68.8 Å². The number of hydrogen-bond acceptors (Lipinski definition) is 3. The minimum atomic E-state index is 0. The van der Waals surface area contributed by atoms with Crippen molar-refractivity contribution < 1.29 is 4.79 Å². The molecule has 7 heteroatoms. The van der Waals surface area contributed by atoms with Crippen LogP contribution in [-0.4, -0.2) is 56.0 Å². The van der Waals surface area contributed by atoms with Gasteiger partial charge in [0.25, 0.3) is 0 Å². The van der Waals surface area contributed by atoms with E-state index in [2.05, 4.69) is 76.1 Å². The average molecular weight is 550 g/mol. The van der Waals surface area contributed by atoms with Gasteiger partial charge in [-0.15, -0.1) is 24.0 Å². The number of amides is 1. The van der Waals surface area contributed by atoms with Gasteiger partial charge >= 0.3 is 0 Å². The van der Waals surface area contributed by atoms with Crippen LogP contribution in [0.5, 0.6) is 0 Å². The molecule has 1 heterocycles. The highest BCUT2D eigenvalue weighted by Gasteiger charge is 2.25. The van der Waals surface area contributed by atoms with Crippen LogP contribution in [0.25, 0.3) is 0 Å². The van der Waals surface area contributed by atoms with Crippen molar-refractivity contribution in [2.75, 3.05) is 38.5 Å². The zero-order chi connectivity index (χ0) is 22.1. The summed E-state index contributed by atoms with van der Waals surface area (Å²) in [5, 5.41) is 9.91. The lowest BCUT2D eigenvalue weighted by Crippen LogP contribution is -2.48. The second-order valence-corrected chi connectivity index (χ2v) is 7.94. The minimum Gasteiger partial charge on any atom is -0.356 e. The largest absolute Gasteiger partial charge is 0.356 e. The van der Waals surface area contributed by atoms with Gasteiger partial charge in [0.2, 0.25) is 5.91 Å². The van der Waals surface area contributed by atoms with E-state index in [1.807, 2.05) is 18.2 Å². The third kappa shape index (κ3) is 7.20. The van der Waals surface area contributed by atoms with Crippen molar-refractivity contribution in [1.29, 1.82) is 0 Å². The molecule has 1 aliphatic rings. The van der Waals surface area contributed by atoms with Crippen molar-refractivity contribution in [3.05, 3.63) is 65.7 Å². The van der Waals surface area contributed by atoms with Crippen molar-refractivity contribution in [3.63, 3.8) is 0 Å². The first-order valence-corrected chi connectivity index (χ1v) is 11.3. The normalized spacial score (nSPS) is 16.6. The quantitative estimate of drug-likeness (QED) is 0.253. The lowest BCUT2D eigenvalue weighted by atomic mass is 9.90. The second-order valence-electron chi connectivity index (χ2n) is 7.94. The number of guanidine groups is 1. The molecule has 32 heavy (non-hydrogen) atoms. The molecule has 0 spiro atoms. The minimum absolute atomic E-state index is 0. The van der Waals surface area contributed by atoms with Crippen molar-refractivity contribution in [2.24, 2.45) is 4.99 Å². The van der Waals surface area contributed by atoms with Crippen molar-refractivity contribution in [2.45, 2.75) is 38.6 Å². The van der Waals surface area contributed by atoms with Gasteiger partial charge in [-0.3, -0.25) is 14.7 Å². The maximum Gasteiger partial charge on any atom is 0.225 e. The first-order valence-electron chi connectivity index (χ1n) is 11.3. The van der Waals surface area contributed by atoms with E-state index < -0.39 is 0 Å². The number of para-hydroxylation sites is 1. The van der Waals surface area contributed by atoms with Crippen molar-refractivity contribution in [3.8, 4) is 0 Å². The lowest BCUT2D eigenvalue weighted by molar-refractivity contribution is -0.116. The lowest BCUT2D eigenvalue weighted by Gasteiger charge is -2.31. The van der Waals surface area contributed by atoms with Gasteiger partial charge in [0.1, 0.15) is 0 Å². The number of nitrogens with one attached hydrogen (secondary N) is 3. The smallest absolute Gasteiger partial charge is 0.225 e. The number of halogens is 1. The van der Waals surface area contributed by atoms with E-state index >= 15 is 0 Å². The Morgan fingerprint density at radius 3 is 2.47 bits per heavy atom. The molecule has 2 unspecified atom stereocenters. The van der Waals surface area contributed by atoms with Crippen LogP contribution in [0.3, 0.4) is 0 Å². The number of anilines is 1. The summed E-state index contributed by atoms with van der Waals surface area (Å²) in [5.74, 6) is 0.970. The maximum absolute atomic E-state index is 12.1. The highest BCUT2D eigenvalue weighted by atomic mass is 127. The Morgan fingerprint density at radius 2 is 1.78 bits per heavy atom. The van der Waals surface area contributed by atoms with Crippen molar-refractivity contribution in [1.82, 2.24) is 15.5 Å². The zero-order valence-electron chi connectivity index (χ0n) is 19.3. The van der Waals surface area contributed by atoms with Gasteiger partial charge in [0.15, 0.2) is 5.96 Å². The van der Waals surface area contributed by atoms with E-state index in [4.69, 9.17) is 0 Å². The molecule has 0 bridgehead atoms. The molecule has 3 rings (SSSR count). The standard InChI is InChI=1S/C25H35N5O.HI/c1-4-30(5-2)21(15-19-11-7-6-8-12-19)18-28-25(26-3)27-17-20-16-24(31)29-23-14-10-9-13-22(20)23;/h6-14,20-21H,4-5,15-18H2,1-3H3,(H,29,31)(H2,26,27,28);1H. The number of hydrogen-bond donors (Lipinski definition) is 3. The van der Waals surface area contributed by atoms with Crippen LogP contribution >= 0.6 is 24.0 Å². The van der Waals surface area contributed by atoms with Gasteiger partial charge in [-0.25, -0.2) is 0 Å². The number of rotatable bonds is 9. The van der Waals surface area contributed by atoms with Crippen LogP contribution in [0.15, 0.2) is 59.6 Å². The fourth-order valence-electron chi connectivity index (χ4n) is 4.30. The van der Waals surface area contributed by atoms with Crippen LogP contribution in [-0.2, 0) is 11.2 Å². The second kappa shape index (κ2) is 13.4. The van der Waals surface area contributed by atoms with Crippen LogP contribution in [0.2, 0.25) is 0 Å². The summed E-state index contributed by atoms with van der Waals surface area (Å²) >= 11 is 0. The van der Waals surface area contributed by atoms with Gasteiger partial charge in [0.05, 0.1) is 0 Å². The van der Waals surface area contributed by atoms with Crippen LogP contribution < -0.4 is 16.0 Å². The summed E-state index contributed by atoms with van der Waals surface area (Å²) in [5.41, 5.74) is 3.43. The van der Waals surface area contributed by atoms with Crippen LogP contribution in [0.1, 0.15) is 37.3 Å². The maximum atomic E-state index is 12.1. The molecule has 0 saturated heterocycles. The number of carbonyl (C=O) groups is 1. The number of carbonyl (C=O) groups excluding carboxylic acids is 1.